The maximum Gasteiger partial charge on any atom is 0.310 e. The first-order chi connectivity index (χ1) is 7.58. The maximum absolute atomic E-state index is 13.3. The predicted molar refractivity (Wildman–Crippen MR) is 56.3 cm³/mol. The zero-order chi connectivity index (χ0) is 12.1. The minimum Gasteiger partial charge on any atom is -0.466 e. The fourth-order valence-electron chi connectivity index (χ4n) is 1.33. The minimum absolute atomic E-state index is 0.110. The number of hydrogen-bond acceptors (Lipinski definition) is 2. The van der Waals surface area contributed by atoms with Crippen molar-refractivity contribution in [3.63, 3.8) is 0 Å². The summed E-state index contributed by atoms with van der Waals surface area (Å²) < 4.78 is 30.9. The molecule has 0 fully saturated rings. The lowest BCUT2D eigenvalue weighted by molar-refractivity contribution is -0.142. The molecule has 0 amide bonds. The van der Waals surface area contributed by atoms with Gasteiger partial charge in [0, 0.05) is 11.6 Å². The van der Waals surface area contributed by atoms with Crippen molar-refractivity contribution in [1.82, 2.24) is 0 Å². The highest BCUT2D eigenvalue weighted by Gasteiger charge is 2.14. The fourth-order valence-corrected chi connectivity index (χ4v) is 1.63. The van der Waals surface area contributed by atoms with Crippen LogP contribution in [0.15, 0.2) is 12.1 Å². The van der Waals surface area contributed by atoms with Gasteiger partial charge in [-0.2, -0.15) is 0 Å². The Morgan fingerprint density at radius 3 is 2.69 bits per heavy atom. The van der Waals surface area contributed by atoms with Crippen molar-refractivity contribution >= 4 is 17.6 Å². The second-order valence-corrected chi connectivity index (χ2v) is 3.41. The zero-order valence-corrected chi connectivity index (χ0v) is 9.48. The molecule has 1 rings (SSSR count). The van der Waals surface area contributed by atoms with Gasteiger partial charge in [-0.15, -0.1) is 11.6 Å². The number of rotatable bonds is 4. The lowest BCUT2D eigenvalue weighted by Crippen LogP contribution is -2.10. The summed E-state index contributed by atoms with van der Waals surface area (Å²) in [6, 6.07) is 1.84. The van der Waals surface area contributed by atoms with Crippen molar-refractivity contribution < 1.29 is 18.3 Å². The standard InChI is InChI=1S/C11H11ClF2O2/c1-2-16-11(15)4-7-3-8(13)5-10(14)9(7)6-12/h3,5H,2,4,6H2,1H3. The Morgan fingerprint density at radius 1 is 1.44 bits per heavy atom. The van der Waals surface area contributed by atoms with Gasteiger partial charge in [0.2, 0.25) is 0 Å². The average molecular weight is 249 g/mol. The number of halogens is 3. The molecule has 1 aromatic carbocycles. The third-order valence-corrected chi connectivity index (χ3v) is 2.29. The first-order valence-electron chi connectivity index (χ1n) is 4.76. The Morgan fingerprint density at radius 2 is 2.12 bits per heavy atom. The van der Waals surface area contributed by atoms with Crippen molar-refractivity contribution in [2.45, 2.75) is 19.2 Å². The summed E-state index contributed by atoms with van der Waals surface area (Å²) in [6.45, 7) is 1.89. The molecule has 0 aromatic heterocycles. The van der Waals surface area contributed by atoms with Gasteiger partial charge in [-0.05, 0) is 18.6 Å². The van der Waals surface area contributed by atoms with Gasteiger partial charge in [0.15, 0.2) is 0 Å². The lowest BCUT2D eigenvalue weighted by atomic mass is 10.1. The van der Waals surface area contributed by atoms with E-state index >= 15 is 0 Å². The second kappa shape index (κ2) is 5.80. The molecule has 5 heteroatoms. The summed E-state index contributed by atoms with van der Waals surface area (Å²) in [5.74, 6) is -2.11. The Balaban J connectivity index is 2.97. The van der Waals surface area contributed by atoms with Gasteiger partial charge in [-0.1, -0.05) is 0 Å². The molecule has 2 nitrogen and oxygen atoms in total. The van der Waals surface area contributed by atoms with E-state index in [1.807, 2.05) is 0 Å². The summed E-state index contributed by atoms with van der Waals surface area (Å²) >= 11 is 5.54. The largest absolute Gasteiger partial charge is 0.466 e. The monoisotopic (exact) mass is 248 g/mol. The molecular formula is C11H11ClF2O2. The molecule has 88 valence electrons. The Bertz CT molecular complexity index is 394. The van der Waals surface area contributed by atoms with Crippen LogP contribution in [0.4, 0.5) is 8.78 Å². The van der Waals surface area contributed by atoms with Crippen molar-refractivity contribution in [3.05, 3.63) is 34.9 Å². The molecular weight excluding hydrogens is 238 g/mol. The topological polar surface area (TPSA) is 26.3 Å². The molecule has 0 aliphatic heterocycles. The molecule has 0 spiro atoms. The average Bonchev–Trinajstić information content (AvgIpc) is 2.17. The number of benzene rings is 1. The summed E-state index contributed by atoms with van der Waals surface area (Å²) in [7, 11) is 0. The first kappa shape index (κ1) is 12.9. The third kappa shape index (κ3) is 3.17. The zero-order valence-electron chi connectivity index (χ0n) is 8.73. The summed E-state index contributed by atoms with van der Waals surface area (Å²) in [6.07, 6.45) is -0.176. The Kier molecular flexibility index (Phi) is 4.68. The van der Waals surface area contributed by atoms with Gasteiger partial charge in [0.05, 0.1) is 18.9 Å². The molecule has 0 aliphatic carbocycles. The van der Waals surface area contributed by atoms with Gasteiger partial charge in [-0.25, -0.2) is 8.78 Å². The van der Waals surface area contributed by atoms with E-state index in [1.165, 1.54) is 0 Å². The van der Waals surface area contributed by atoms with Gasteiger partial charge in [0.1, 0.15) is 11.6 Å². The van der Waals surface area contributed by atoms with Gasteiger partial charge in [0.25, 0.3) is 0 Å². The summed E-state index contributed by atoms with van der Waals surface area (Å²) in [4.78, 5) is 11.2. The van der Waals surface area contributed by atoms with Crippen LogP contribution >= 0.6 is 11.6 Å². The smallest absolute Gasteiger partial charge is 0.310 e. The SMILES string of the molecule is CCOC(=O)Cc1cc(F)cc(F)c1CCl. The van der Waals surface area contributed by atoms with Crippen LogP contribution in [0.25, 0.3) is 0 Å². The van der Waals surface area contributed by atoms with E-state index in [-0.39, 0.29) is 30.0 Å². The molecule has 0 N–H and O–H groups in total. The molecule has 0 saturated heterocycles. The first-order valence-corrected chi connectivity index (χ1v) is 5.30. The highest BCUT2D eigenvalue weighted by Crippen LogP contribution is 2.19. The molecule has 0 bridgehead atoms. The van der Waals surface area contributed by atoms with E-state index in [4.69, 9.17) is 16.3 Å². The quantitative estimate of drug-likeness (QED) is 0.605. The number of alkyl halides is 1. The van der Waals surface area contributed by atoms with Crippen LogP contribution in [0, 0.1) is 11.6 Å². The van der Waals surface area contributed by atoms with Crippen molar-refractivity contribution in [2.75, 3.05) is 6.61 Å². The molecule has 0 unspecified atom stereocenters. The van der Waals surface area contributed by atoms with Crippen LogP contribution in [-0.2, 0) is 21.8 Å². The van der Waals surface area contributed by atoms with Gasteiger partial charge < -0.3 is 4.74 Å². The molecule has 16 heavy (non-hydrogen) atoms. The molecule has 0 atom stereocenters. The fraction of sp³-hybridized carbons (Fsp3) is 0.364. The molecule has 0 aliphatic rings. The Hall–Kier alpha value is -1.16. The van der Waals surface area contributed by atoms with Crippen LogP contribution in [0.3, 0.4) is 0 Å². The van der Waals surface area contributed by atoms with E-state index in [1.54, 1.807) is 6.92 Å². The predicted octanol–water partition coefficient (Wildman–Crippen LogP) is 2.81. The second-order valence-electron chi connectivity index (χ2n) is 3.14. The van der Waals surface area contributed by atoms with E-state index in [0.717, 1.165) is 12.1 Å². The maximum atomic E-state index is 13.3. The summed E-state index contributed by atoms with van der Waals surface area (Å²) in [5, 5.41) is 0. The van der Waals surface area contributed by atoms with Crippen LogP contribution < -0.4 is 0 Å². The Labute approximate surface area is 97.2 Å². The minimum atomic E-state index is -0.741. The van der Waals surface area contributed by atoms with Crippen LogP contribution in [0.2, 0.25) is 0 Å². The van der Waals surface area contributed by atoms with Crippen molar-refractivity contribution in [1.29, 1.82) is 0 Å². The van der Waals surface area contributed by atoms with E-state index in [2.05, 4.69) is 0 Å². The summed E-state index contributed by atoms with van der Waals surface area (Å²) in [5.41, 5.74) is 0.363. The van der Waals surface area contributed by atoms with Gasteiger partial charge in [-0.3, -0.25) is 4.79 Å². The number of carbonyl (C=O) groups is 1. The van der Waals surface area contributed by atoms with E-state index in [9.17, 15) is 13.6 Å². The van der Waals surface area contributed by atoms with Crippen LogP contribution in [0.5, 0.6) is 0 Å². The number of carbonyl (C=O) groups excluding carboxylic acids is 1. The number of ether oxygens (including phenoxy) is 1. The highest BCUT2D eigenvalue weighted by molar-refractivity contribution is 6.17. The van der Waals surface area contributed by atoms with Crippen LogP contribution in [0.1, 0.15) is 18.1 Å². The van der Waals surface area contributed by atoms with E-state index < -0.39 is 17.6 Å². The van der Waals surface area contributed by atoms with E-state index in [0.29, 0.717) is 0 Å². The molecule has 0 heterocycles. The van der Waals surface area contributed by atoms with Crippen molar-refractivity contribution in [2.24, 2.45) is 0 Å². The molecule has 0 saturated carbocycles. The third-order valence-electron chi connectivity index (χ3n) is 2.03. The normalized spacial score (nSPS) is 10.2. The van der Waals surface area contributed by atoms with Crippen molar-refractivity contribution in [3.8, 4) is 0 Å². The number of hydrogen-bond donors (Lipinski definition) is 0. The number of esters is 1. The molecule has 0 radical (unpaired) electrons. The highest BCUT2D eigenvalue weighted by atomic mass is 35.5. The molecule has 1 aromatic rings. The van der Waals surface area contributed by atoms with Gasteiger partial charge >= 0.3 is 5.97 Å². The van der Waals surface area contributed by atoms with Crippen LogP contribution in [-0.4, -0.2) is 12.6 Å². The lowest BCUT2D eigenvalue weighted by Gasteiger charge is -2.08.